The van der Waals surface area contributed by atoms with Crippen LogP contribution in [-0.4, -0.2) is 57.5 Å². The van der Waals surface area contributed by atoms with Gasteiger partial charge in [-0.05, 0) is 126 Å². The van der Waals surface area contributed by atoms with Crippen LogP contribution in [0.1, 0.15) is 103 Å². The van der Waals surface area contributed by atoms with Gasteiger partial charge in [-0.25, -0.2) is 4.79 Å². The summed E-state index contributed by atoms with van der Waals surface area (Å²) in [5, 5.41) is 14.9. The van der Waals surface area contributed by atoms with E-state index in [1.54, 1.807) is 7.11 Å². The fourth-order valence-electron chi connectivity index (χ4n) is 11.6. The summed E-state index contributed by atoms with van der Waals surface area (Å²) in [7, 11) is 1.75. The van der Waals surface area contributed by atoms with E-state index in [-0.39, 0.29) is 5.97 Å². The maximum atomic E-state index is 13.1. The lowest BCUT2D eigenvalue weighted by Crippen LogP contribution is -2.46. The molecule has 0 radical (unpaired) electrons. The number of carbonyl (C=O) groups is 1. The van der Waals surface area contributed by atoms with Gasteiger partial charge >= 0.3 is 5.97 Å². The zero-order valence-electron chi connectivity index (χ0n) is 40.8. The molecular weight excluding hydrogens is 867 g/mol. The molecule has 0 amide bonds. The van der Waals surface area contributed by atoms with Gasteiger partial charge in [-0.15, -0.1) is 0 Å². The molecule has 1 aliphatic carbocycles. The number of anilines is 3. The van der Waals surface area contributed by atoms with Crippen LogP contribution in [0.4, 0.5) is 17.1 Å². The first-order valence-electron chi connectivity index (χ1n) is 25.6. The van der Waals surface area contributed by atoms with E-state index in [2.05, 4.69) is 120 Å². The Hall–Kier alpha value is -7.03. The average molecular weight is 930 g/mol. The summed E-state index contributed by atoms with van der Waals surface area (Å²) in [6.45, 7) is 9.55. The lowest BCUT2D eigenvalue weighted by Gasteiger charge is -2.39. The first-order chi connectivity index (χ1) is 34.3. The largest absolute Gasteiger partial charge is 0.495 e. The summed E-state index contributed by atoms with van der Waals surface area (Å²) in [5.41, 5.74) is 9.83. The highest BCUT2D eigenvalue weighted by molar-refractivity contribution is 6.10. The molecule has 2 fully saturated rings. The maximum Gasteiger partial charge on any atom is 0.343 e. The Balaban J connectivity index is 0.904. The average Bonchev–Trinajstić information content (AvgIpc) is 4.06. The standard InChI is InChI=1S/C62H63N3O5/c1-4-6-7-9-16-43-21-23-44(24-22-43)60(66)69-49-31-29-48(30-32-49)64-37-39-65(40-38-64)55-41-52-53(42-56(55)68-3)59-51(58-57(52)50-19-12-13-20-54(50)61(58,67)5-2)33-34-62(70-59,45-17-10-8-11-18-45)46-25-27-47(28-26-46)63-35-14-15-36-63/h8,10-13,17-34,41-42,67H,4-7,9,14-16,35-40H2,1-3H3. The van der Waals surface area contributed by atoms with Crippen molar-refractivity contribution in [2.75, 3.05) is 61.1 Å². The number of benzene rings is 7. The third-order valence-electron chi connectivity index (χ3n) is 15.4. The van der Waals surface area contributed by atoms with Gasteiger partial charge in [-0.1, -0.05) is 118 Å². The molecule has 1 N–H and O–H groups in total. The van der Waals surface area contributed by atoms with Crippen molar-refractivity contribution in [3.05, 3.63) is 185 Å². The molecule has 0 spiro atoms. The fourth-order valence-corrected chi connectivity index (χ4v) is 11.6. The van der Waals surface area contributed by atoms with E-state index >= 15 is 0 Å². The summed E-state index contributed by atoms with van der Waals surface area (Å²) in [6.07, 6.45) is 13.3. The van der Waals surface area contributed by atoms with Crippen molar-refractivity contribution >= 4 is 39.9 Å². The van der Waals surface area contributed by atoms with Gasteiger partial charge in [0.2, 0.25) is 0 Å². The second-order valence-corrected chi connectivity index (χ2v) is 19.5. The minimum atomic E-state index is -1.22. The molecule has 7 aromatic carbocycles. The Morgan fingerprint density at radius 3 is 2.04 bits per heavy atom. The quantitative estimate of drug-likeness (QED) is 0.0657. The van der Waals surface area contributed by atoms with Crippen molar-refractivity contribution in [2.24, 2.45) is 0 Å². The molecule has 4 aliphatic rings. The lowest BCUT2D eigenvalue weighted by atomic mass is 9.79. The topological polar surface area (TPSA) is 74.7 Å². The molecule has 7 aromatic rings. The number of fused-ring (bicyclic) bond motifs is 8. The van der Waals surface area contributed by atoms with Crippen LogP contribution >= 0.6 is 0 Å². The van der Waals surface area contributed by atoms with Crippen LogP contribution in [0.5, 0.6) is 17.2 Å². The second-order valence-electron chi connectivity index (χ2n) is 19.5. The van der Waals surface area contributed by atoms with Crippen LogP contribution < -0.4 is 28.9 Å². The van der Waals surface area contributed by atoms with Crippen LogP contribution in [0.2, 0.25) is 0 Å². The van der Waals surface area contributed by atoms with Crippen molar-refractivity contribution in [1.29, 1.82) is 0 Å². The molecular formula is C62H63N3O5. The molecule has 11 rings (SSSR count). The highest BCUT2D eigenvalue weighted by Gasteiger charge is 2.47. The third kappa shape index (κ3) is 8.06. The van der Waals surface area contributed by atoms with Crippen molar-refractivity contribution in [3.63, 3.8) is 0 Å². The van der Waals surface area contributed by atoms with Gasteiger partial charge in [0.1, 0.15) is 22.8 Å². The van der Waals surface area contributed by atoms with E-state index in [1.165, 1.54) is 49.8 Å². The van der Waals surface area contributed by atoms with Gasteiger partial charge in [0.05, 0.1) is 18.4 Å². The molecule has 8 heteroatoms. The molecule has 2 atom stereocenters. The molecule has 2 saturated heterocycles. The highest BCUT2D eigenvalue weighted by Crippen LogP contribution is 2.59. The molecule has 356 valence electrons. The fraction of sp³-hybridized carbons (Fsp3) is 0.306. The number of rotatable bonds is 14. The summed E-state index contributed by atoms with van der Waals surface area (Å²) < 4.78 is 19.8. The first kappa shape index (κ1) is 45.4. The number of hydrogen-bond acceptors (Lipinski definition) is 8. The number of nitrogens with zero attached hydrogens (tertiary/aromatic N) is 3. The Kier molecular flexibility index (Phi) is 12.4. The Bertz CT molecular complexity index is 3050. The molecule has 70 heavy (non-hydrogen) atoms. The Labute approximate surface area is 412 Å². The summed E-state index contributed by atoms with van der Waals surface area (Å²) >= 11 is 0. The number of aryl methyl sites for hydroxylation is 1. The van der Waals surface area contributed by atoms with Gasteiger partial charge < -0.3 is 34.0 Å². The second kappa shape index (κ2) is 19.0. The number of methoxy groups -OCH3 is 1. The zero-order chi connectivity index (χ0) is 47.8. The van der Waals surface area contributed by atoms with E-state index in [9.17, 15) is 9.90 Å². The van der Waals surface area contributed by atoms with E-state index in [0.29, 0.717) is 17.7 Å². The zero-order valence-corrected chi connectivity index (χ0v) is 40.8. The maximum absolute atomic E-state index is 13.1. The monoisotopic (exact) mass is 929 g/mol. The van der Waals surface area contributed by atoms with Crippen LogP contribution in [0, 0.1) is 0 Å². The van der Waals surface area contributed by atoms with Crippen molar-refractivity contribution in [1.82, 2.24) is 0 Å². The first-order valence-corrected chi connectivity index (χ1v) is 25.6. The smallest absolute Gasteiger partial charge is 0.343 e. The van der Waals surface area contributed by atoms with Gasteiger partial charge in [0.15, 0.2) is 5.60 Å². The predicted molar refractivity (Wildman–Crippen MR) is 284 cm³/mol. The molecule has 3 aliphatic heterocycles. The van der Waals surface area contributed by atoms with E-state index < -0.39 is 11.2 Å². The van der Waals surface area contributed by atoms with Gasteiger partial charge in [0.25, 0.3) is 0 Å². The predicted octanol–water partition coefficient (Wildman–Crippen LogP) is 13.1. The number of hydrogen-bond donors (Lipinski definition) is 1. The summed E-state index contributed by atoms with van der Waals surface area (Å²) in [5.74, 6) is 1.68. The van der Waals surface area contributed by atoms with Crippen molar-refractivity contribution in [3.8, 4) is 28.4 Å². The molecule has 0 saturated carbocycles. The number of esters is 1. The minimum Gasteiger partial charge on any atom is -0.495 e. The minimum absolute atomic E-state index is 0.349. The van der Waals surface area contributed by atoms with E-state index in [1.807, 2.05) is 60.7 Å². The number of ether oxygens (including phenoxy) is 3. The Morgan fingerprint density at radius 2 is 1.34 bits per heavy atom. The van der Waals surface area contributed by atoms with Gasteiger partial charge in [-0.2, -0.15) is 0 Å². The molecule has 0 bridgehead atoms. The van der Waals surface area contributed by atoms with Crippen LogP contribution in [-0.2, 0) is 17.6 Å². The molecule has 8 nitrogen and oxygen atoms in total. The van der Waals surface area contributed by atoms with Crippen molar-refractivity contribution < 1.29 is 24.1 Å². The number of piperazine rings is 1. The highest BCUT2D eigenvalue weighted by atomic mass is 16.5. The summed E-state index contributed by atoms with van der Waals surface area (Å²) in [4.78, 5) is 20.3. The van der Waals surface area contributed by atoms with Crippen LogP contribution in [0.3, 0.4) is 0 Å². The van der Waals surface area contributed by atoms with Gasteiger partial charge in [0, 0.05) is 78.3 Å². The Morgan fingerprint density at radius 1 is 0.686 bits per heavy atom. The molecule has 0 aromatic heterocycles. The number of carbonyl (C=O) groups excluding carboxylic acids is 1. The molecule has 2 unspecified atom stereocenters. The number of unbranched alkanes of at least 4 members (excludes halogenated alkanes) is 3. The van der Waals surface area contributed by atoms with Crippen molar-refractivity contribution in [2.45, 2.75) is 76.4 Å². The van der Waals surface area contributed by atoms with Gasteiger partial charge in [-0.3, -0.25) is 0 Å². The van der Waals surface area contributed by atoms with E-state index in [4.69, 9.17) is 14.2 Å². The normalized spacial score (nSPS) is 19.2. The number of aliphatic hydroxyl groups is 1. The third-order valence-corrected chi connectivity index (χ3v) is 15.4. The molecule has 3 heterocycles. The van der Waals surface area contributed by atoms with Crippen LogP contribution in [0.25, 0.3) is 28.0 Å². The summed E-state index contributed by atoms with van der Waals surface area (Å²) in [6, 6.07) is 47.9. The SMILES string of the molecule is CCCCCCc1ccc(C(=O)Oc2ccc(N3CCN(c4cc5c6c(c7c(c5cc4OC)OC(c4ccccc4)(c4ccc(N5CCCC5)cc4)C=C7)C(O)(CC)c4ccccc4-6)CC3)cc2)cc1. The van der Waals surface area contributed by atoms with Crippen LogP contribution in [0.15, 0.2) is 146 Å². The lowest BCUT2D eigenvalue weighted by molar-refractivity contribution is 0.0734. The van der Waals surface area contributed by atoms with E-state index in [0.717, 1.165) is 118 Å².